The van der Waals surface area contributed by atoms with Crippen LogP contribution in [0.2, 0.25) is 0 Å². The molecule has 0 spiro atoms. The predicted octanol–water partition coefficient (Wildman–Crippen LogP) is 5.36. The van der Waals surface area contributed by atoms with Crippen molar-refractivity contribution in [2.24, 2.45) is 0 Å². The minimum atomic E-state index is -0.466. The van der Waals surface area contributed by atoms with Gasteiger partial charge in [0.05, 0.1) is 6.61 Å². The van der Waals surface area contributed by atoms with E-state index in [9.17, 15) is 9.18 Å². The van der Waals surface area contributed by atoms with Gasteiger partial charge in [0.15, 0.2) is 0 Å². The first-order valence-electron chi connectivity index (χ1n) is 9.99. The molecule has 1 N–H and O–H groups in total. The molecule has 0 radical (unpaired) electrons. The van der Waals surface area contributed by atoms with Gasteiger partial charge >= 0.3 is 5.97 Å². The van der Waals surface area contributed by atoms with Gasteiger partial charge in [-0.25, -0.2) is 9.18 Å². The molecule has 0 unspecified atom stereocenters. The molecular formula is C26H25FO3. The highest BCUT2D eigenvalue weighted by Crippen LogP contribution is 2.31. The van der Waals surface area contributed by atoms with E-state index >= 15 is 0 Å². The molecule has 3 aromatic carbocycles. The molecule has 4 heteroatoms. The smallest absolute Gasteiger partial charge is 0.330 e. The summed E-state index contributed by atoms with van der Waals surface area (Å²) >= 11 is 0. The fourth-order valence-electron chi connectivity index (χ4n) is 3.43. The number of hydrogen-bond donors (Lipinski definition) is 1. The van der Waals surface area contributed by atoms with Crippen molar-refractivity contribution in [3.8, 4) is 22.3 Å². The zero-order valence-electron chi connectivity index (χ0n) is 16.8. The summed E-state index contributed by atoms with van der Waals surface area (Å²) in [6, 6.07) is 20.7. The van der Waals surface area contributed by atoms with Crippen LogP contribution in [-0.2, 0) is 22.4 Å². The number of benzene rings is 3. The van der Waals surface area contributed by atoms with Crippen LogP contribution in [0.4, 0.5) is 4.39 Å². The van der Waals surface area contributed by atoms with Crippen molar-refractivity contribution in [1.29, 1.82) is 0 Å². The highest BCUT2D eigenvalue weighted by molar-refractivity contribution is 5.81. The number of halogens is 1. The van der Waals surface area contributed by atoms with Gasteiger partial charge in [-0.1, -0.05) is 67.2 Å². The molecule has 30 heavy (non-hydrogen) atoms. The van der Waals surface area contributed by atoms with Crippen molar-refractivity contribution in [2.75, 3.05) is 13.2 Å². The monoisotopic (exact) mass is 404 g/mol. The molecule has 0 saturated carbocycles. The minimum absolute atomic E-state index is 0.125. The molecule has 3 rings (SSSR count). The number of aliphatic hydroxyl groups is 1. The van der Waals surface area contributed by atoms with Crippen LogP contribution in [0.5, 0.6) is 0 Å². The molecule has 154 valence electrons. The quantitative estimate of drug-likeness (QED) is 0.386. The van der Waals surface area contributed by atoms with Crippen LogP contribution >= 0.6 is 0 Å². The maximum atomic E-state index is 14.9. The molecule has 0 fully saturated rings. The zero-order valence-corrected chi connectivity index (χ0v) is 16.8. The molecule has 3 aromatic rings. The Bertz CT molecular complexity index is 1010. The van der Waals surface area contributed by atoms with Crippen molar-refractivity contribution >= 4 is 5.97 Å². The van der Waals surface area contributed by atoms with Gasteiger partial charge in [0.2, 0.25) is 0 Å². The maximum Gasteiger partial charge on any atom is 0.330 e. The second-order valence-electron chi connectivity index (χ2n) is 7.00. The van der Waals surface area contributed by atoms with E-state index in [1.54, 1.807) is 12.1 Å². The second kappa shape index (κ2) is 10.5. The zero-order chi connectivity index (χ0) is 21.3. The molecule has 0 aliphatic carbocycles. The number of esters is 1. The molecule has 0 aliphatic heterocycles. The van der Waals surface area contributed by atoms with Gasteiger partial charge in [-0.3, -0.25) is 0 Å². The maximum absolute atomic E-state index is 14.9. The molecule has 0 amide bonds. The predicted molar refractivity (Wildman–Crippen MR) is 118 cm³/mol. The van der Waals surface area contributed by atoms with Crippen molar-refractivity contribution in [3.63, 3.8) is 0 Å². The molecule has 0 saturated heterocycles. The van der Waals surface area contributed by atoms with Gasteiger partial charge in [0.25, 0.3) is 0 Å². The third kappa shape index (κ3) is 5.43. The summed E-state index contributed by atoms with van der Waals surface area (Å²) in [5.41, 5.74) is 5.10. The summed E-state index contributed by atoms with van der Waals surface area (Å²) in [4.78, 5) is 11.4. The molecule has 0 heterocycles. The van der Waals surface area contributed by atoms with Gasteiger partial charge in [0.1, 0.15) is 5.82 Å². The average molecular weight is 404 g/mol. The molecular weight excluding hydrogens is 379 g/mol. The highest BCUT2D eigenvalue weighted by atomic mass is 19.1. The van der Waals surface area contributed by atoms with E-state index in [2.05, 4.69) is 6.58 Å². The fraction of sp³-hybridized carbons (Fsp3) is 0.192. The number of rotatable bonds is 9. The number of aliphatic hydroxyl groups excluding tert-OH is 1. The summed E-state index contributed by atoms with van der Waals surface area (Å²) in [6.07, 6.45) is 3.06. The van der Waals surface area contributed by atoms with Gasteiger partial charge in [0, 0.05) is 24.7 Å². The first kappa shape index (κ1) is 21.5. The van der Waals surface area contributed by atoms with Crippen LogP contribution < -0.4 is 0 Å². The summed E-state index contributed by atoms with van der Waals surface area (Å²) in [7, 11) is 0. The number of hydrogen-bond acceptors (Lipinski definition) is 3. The van der Waals surface area contributed by atoms with Crippen molar-refractivity contribution < 1.29 is 19.0 Å². The van der Waals surface area contributed by atoms with E-state index in [-0.39, 0.29) is 19.0 Å². The van der Waals surface area contributed by atoms with Crippen LogP contribution in [-0.4, -0.2) is 24.3 Å². The van der Waals surface area contributed by atoms with Crippen LogP contribution in [0.1, 0.15) is 17.5 Å². The van der Waals surface area contributed by atoms with E-state index in [4.69, 9.17) is 9.84 Å². The Morgan fingerprint density at radius 3 is 2.43 bits per heavy atom. The normalized spacial score (nSPS) is 10.6. The van der Waals surface area contributed by atoms with Crippen molar-refractivity contribution in [1.82, 2.24) is 0 Å². The summed E-state index contributed by atoms with van der Waals surface area (Å²) in [5.74, 6) is -0.752. The molecule has 0 aliphatic rings. The summed E-state index contributed by atoms with van der Waals surface area (Å²) in [5, 5.41) is 9.10. The van der Waals surface area contributed by atoms with E-state index in [0.29, 0.717) is 18.4 Å². The van der Waals surface area contributed by atoms with Gasteiger partial charge in [-0.05, 0) is 46.7 Å². The average Bonchev–Trinajstić information content (AvgIpc) is 2.78. The lowest BCUT2D eigenvalue weighted by molar-refractivity contribution is -0.137. The van der Waals surface area contributed by atoms with Gasteiger partial charge in [-0.15, -0.1) is 0 Å². The summed E-state index contributed by atoms with van der Waals surface area (Å²) in [6.45, 7) is 3.74. The number of carbonyl (C=O) groups is 1. The van der Waals surface area contributed by atoms with E-state index in [0.717, 1.165) is 40.3 Å². The standard InChI is InChI=1S/C26H25FO3/c1-2-26(29)30-16-14-22-17-19(7-6-15-28)10-12-23(22)21-11-13-24(25(27)18-21)20-8-4-3-5-9-20/h2-5,8-13,17-18,28H,1,6-7,14-16H2. The lowest BCUT2D eigenvalue weighted by Gasteiger charge is -2.14. The Kier molecular flexibility index (Phi) is 7.52. The third-order valence-corrected chi connectivity index (χ3v) is 4.94. The van der Waals surface area contributed by atoms with Gasteiger partial charge < -0.3 is 9.84 Å². The topological polar surface area (TPSA) is 46.5 Å². The second-order valence-corrected chi connectivity index (χ2v) is 7.00. The largest absolute Gasteiger partial charge is 0.462 e. The molecule has 0 atom stereocenters. The number of ether oxygens (including phenoxy) is 1. The third-order valence-electron chi connectivity index (χ3n) is 4.94. The Balaban J connectivity index is 1.91. The van der Waals surface area contributed by atoms with E-state index < -0.39 is 5.97 Å². The molecule has 0 aromatic heterocycles. The molecule has 3 nitrogen and oxygen atoms in total. The SMILES string of the molecule is C=CC(=O)OCCc1cc(CCCO)ccc1-c1ccc(-c2ccccc2)c(F)c1. The Morgan fingerprint density at radius 1 is 0.967 bits per heavy atom. The first-order chi connectivity index (χ1) is 14.6. The van der Waals surface area contributed by atoms with E-state index in [1.165, 1.54) is 0 Å². The Hall–Kier alpha value is -3.24. The van der Waals surface area contributed by atoms with Crippen molar-refractivity contribution in [2.45, 2.75) is 19.3 Å². The van der Waals surface area contributed by atoms with Crippen LogP contribution in [0, 0.1) is 5.82 Å². The lowest BCUT2D eigenvalue weighted by atomic mass is 9.93. The highest BCUT2D eigenvalue weighted by Gasteiger charge is 2.12. The van der Waals surface area contributed by atoms with Gasteiger partial charge in [-0.2, -0.15) is 0 Å². The fourth-order valence-corrected chi connectivity index (χ4v) is 3.43. The minimum Gasteiger partial charge on any atom is -0.462 e. The van der Waals surface area contributed by atoms with Crippen LogP contribution in [0.3, 0.4) is 0 Å². The Labute approximate surface area is 176 Å². The van der Waals surface area contributed by atoms with Crippen LogP contribution in [0.25, 0.3) is 22.3 Å². The van der Waals surface area contributed by atoms with Crippen LogP contribution in [0.15, 0.2) is 79.4 Å². The van der Waals surface area contributed by atoms with Crippen molar-refractivity contribution in [3.05, 3.63) is 96.3 Å². The number of carbonyl (C=O) groups excluding carboxylic acids is 1. The lowest BCUT2D eigenvalue weighted by Crippen LogP contribution is -2.06. The molecule has 0 bridgehead atoms. The summed E-state index contributed by atoms with van der Waals surface area (Å²) < 4.78 is 20.0. The first-order valence-corrected chi connectivity index (χ1v) is 9.99. The number of aryl methyl sites for hydroxylation is 1. The van der Waals surface area contributed by atoms with E-state index in [1.807, 2.05) is 54.6 Å². The Morgan fingerprint density at radius 2 is 1.73 bits per heavy atom.